The van der Waals surface area contributed by atoms with E-state index in [1.807, 2.05) is 6.92 Å². The molecule has 1 N–H and O–H groups in total. The highest BCUT2D eigenvalue weighted by Gasteiger charge is 2.15. The predicted octanol–water partition coefficient (Wildman–Crippen LogP) is 1.90. The van der Waals surface area contributed by atoms with E-state index in [9.17, 15) is 0 Å². The molecule has 0 aromatic carbocycles. The van der Waals surface area contributed by atoms with Crippen LogP contribution < -0.4 is 0 Å². The van der Waals surface area contributed by atoms with Crippen LogP contribution in [0.2, 0.25) is 0 Å². The van der Waals surface area contributed by atoms with Gasteiger partial charge in [-0.25, -0.2) is 0 Å². The van der Waals surface area contributed by atoms with Crippen LogP contribution in [0, 0.1) is 5.92 Å². The van der Waals surface area contributed by atoms with E-state index in [2.05, 4.69) is 11.9 Å². The minimum Gasteiger partial charge on any atom is -0.393 e. The topological polar surface area (TPSA) is 32.7 Å². The van der Waals surface area contributed by atoms with Gasteiger partial charge in [0, 0.05) is 19.8 Å². The average Bonchev–Trinajstić information content (AvgIpc) is 2.25. The maximum Gasteiger partial charge on any atom is 0.0512 e. The van der Waals surface area contributed by atoms with Gasteiger partial charge in [-0.1, -0.05) is 0 Å². The summed E-state index contributed by atoms with van der Waals surface area (Å²) in [7, 11) is 2.21. The summed E-state index contributed by atoms with van der Waals surface area (Å²) in [5.41, 5.74) is 0. The molecule has 0 aromatic rings. The van der Waals surface area contributed by atoms with Gasteiger partial charge in [0.15, 0.2) is 0 Å². The van der Waals surface area contributed by atoms with E-state index in [0.717, 1.165) is 38.5 Å². The van der Waals surface area contributed by atoms with E-state index in [0.29, 0.717) is 0 Å². The Labute approximate surface area is 99.8 Å². The SMILES string of the molecule is CC(O)CCCCN(C)CC1CCOCC1. The van der Waals surface area contributed by atoms with E-state index < -0.39 is 0 Å². The van der Waals surface area contributed by atoms with Crippen LogP contribution in [0.4, 0.5) is 0 Å². The molecule has 96 valence electrons. The second-order valence-corrected chi connectivity index (χ2v) is 5.16. The van der Waals surface area contributed by atoms with Crippen LogP contribution in [0.1, 0.15) is 39.0 Å². The van der Waals surface area contributed by atoms with Crippen molar-refractivity contribution in [1.29, 1.82) is 0 Å². The molecule has 1 heterocycles. The summed E-state index contributed by atoms with van der Waals surface area (Å²) in [6, 6.07) is 0. The molecule has 1 aliphatic rings. The molecule has 1 rings (SSSR count). The van der Waals surface area contributed by atoms with Crippen molar-refractivity contribution < 1.29 is 9.84 Å². The quantitative estimate of drug-likeness (QED) is 0.677. The molecule has 0 bridgehead atoms. The molecular weight excluding hydrogens is 202 g/mol. The largest absolute Gasteiger partial charge is 0.393 e. The second-order valence-electron chi connectivity index (χ2n) is 5.16. The average molecular weight is 229 g/mol. The van der Waals surface area contributed by atoms with Gasteiger partial charge in [0.25, 0.3) is 0 Å². The van der Waals surface area contributed by atoms with Gasteiger partial charge in [0.2, 0.25) is 0 Å². The first-order chi connectivity index (χ1) is 7.68. The number of unbranched alkanes of at least 4 members (excludes halogenated alkanes) is 1. The maximum absolute atomic E-state index is 9.15. The molecule has 1 unspecified atom stereocenters. The van der Waals surface area contributed by atoms with Gasteiger partial charge in [-0.05, 0) is 58.5 Å². The van der Waals surface area contributed by atoms with Crippen LogP contribution in [-0.4, -0.2) is 49.5 Å². The lowest BCUT2D eigenvalue weighted by Crippen LogP contribution is -2.30. The third kappa shape index (κ3) is 6.46. The molecule has 16 heavy (non-hydrogen) atoms. The number of hydrogen-bond donors (Lipinski definition) is 1. The van der Waals surface area contributed by atoms with Crippen LogP contribution >= 0.6 is 0 Å². The first kappa shape index (κ1) is 13.9. The fourth-order valence-corrected chi connectivity index (χ4v) is 2.28. The third-order valence-corrected chi connectivity index (χ3v) is 3.32. The van der Waals surface area contributed by atoms with Crippen LogP contribution in [0.25, 0.3) is 0 Å². The number of hydrogen-bond acceptors (Lipinski definition) is 3. The highest BCUT2D eigenvalue weighted by atomic mass is 16.5. The lowest BCUT2D eigenvalue weighted by molar-refractivity contribution is 0.0554. The van der Waals surface area contributed by atoms with Crippen LogP contribution in [0.3, 0.4) is 0 Å². The highest BCUT2D eigenvalue weighted by Crippen LogP contribution is 2.15. The molecule has 3 heteroatoms. The van der Waals surface area contributed by atoms with Crippen molar-refractivity contribution in [3.05, 3.63) is 0 Å². The fraction of sp³-hybridized carbons (Fsp3) is 1.00. The zero-order valence-electron chi connectivity index (χ0n) is 10.8. The third-order valence-electron chi connectivity index (χ3n) is 3.32. The Bertz CT molecular complexity index is 167. The van der Waals surface area contributed by atoms with Gasteiger partial charge in [-0.2, -0.15) is 0 Å². The van der Waals surface area contributed by atoms with Crippen LogP contribution in [0.5, 0.6) is 0 Å². The molecule has 0 saturated carbocycles. The molecule has 0 spiro atoms. The smallest absolute Gasteiger partial charge is 0.0512 e. The van der Waals surface area contributed by atoms with Crippen molar-refractivity contribution in [2.45, 2.75) is 45.1 Å². The van der Waals surface area contributed by atoms with Gasteiger partial charge in [0.1, 0.15) is 0 Å². The first-order valence-electron chi connectivity index (χ1n) is 6.63. The summed E-state index contributed by atoms with van der Waals surface area (Å²) in [6.07, 6.45) is 5.57. The highest BCUT2D eigenvalue weighted by molar-refractivity contribution is 4.67. The Morgan fingerprint density at radius 2 is 2.00 bits per heavy atom. The van der Waals surface area contributed by atoms with Gasteiger partial charge in [-0.15, -0.1) is 0 Å². The molecule has 0 aliphatic carbocycles. The van der Waals surface area contributed by atoms with Crippen molar-refractivity contribution in [2.75, 3.05) is 33.4 Å². The first-order valence-corrected chi connectivity index (χ1v) is 6.63. The van der Waals surface area contributed by atoms with Gasteiger partial charge < -0.3 is 14.7 Å². The molecule has 3 nitrogen and oxygen atoms in total. The van der Waals surface area contributed by atoms with E-state index in [1.54, 1.807) is 0 Å². The standard InChI is InChI=1S/C13H27NO2/c1-12(15)5-3-4-8-14(2)11-13-6-9-16-10-7-13/h12-13,15H,3-11H2,1-2H3. The molecule has 0 amide bonds. The van der Waals surface area contributed by atoms with E-state index in [4.69, 9.17) is 9.84 Å². The monoisotopic (exact) mass is 229 g/mol. The maximum atomic E-state index is 9.15. The Morgan fingerprint density at radius 3 is 2.62 bits per heavy atom. The zero-order chi connectivity index (χ0) is 11.8. The molecule has 1 saturated heterocycles. The zero-order valence-corrected chi connectivity index (χ0v) is 10.8. The molecule has 1 atom stereocenters. The van der Waals surface area contributed by atoms with Crippen molar-refractivity contribution in [2.24, 2.45) is 5.92 Å². The summed E-state index contributed by atoms with van der Waals surface area (Å²) in [5, 5.41) is 9.15. The summed E-state index contributed by atoms with van der Waals surface area (Å²) in [4.78, 5) is 2.43. The number of nitrogens with zero attached hydrogens (tertiary/aromatic N) is 1. The van der Waals surface area contributed by atoms with E-state index in [-0.39, 0.29) is 6.10 Å². The molecule has 1 aliphatic heterocycles. The Hall–Kier alpha value is -0.120. The molecule has 1 fully saturated rings. The van der Waals surface area contributed by atoms with Crippen LogP contribution in [0.15, 0.2) is 0 Å². The van der Waals surface area contributed by atoms with Gasteiger partial charge in [-0.3, -0.25) is 0 Å². The normalized spacial score (nSPS) is 20.2. The lowest BCUT2D eigenvalue weighted by Gasteiger charge is -2.27. The molecule has 0 radical (unpaired) electrons. The van der Waals surface area contributed by atoms with Crippen molar-refractivity contribution in [1.82, 2.24) is 4.90 Å². The van der Waals surface area contributed by atoms with Gasteiger partial charge in [0.05, 0.1) is 6.10 Å². The van der Waals surface area contributed by atoms with E-state index >= 15 is 0 Å². The van der Waals surface area contributed by atoms with Crippen molar-refractivity contribution >= 4 is 0 Å². The summed E-state index contributed by atoms with van der Waals surface area (Å²) in [5.74, 6) is 0.829. The van der Waals surface area contributed by atoms with Crippen molar-refractivity contribution in [3.8, 4) is 0 Å². The van der Waals surface area contributed by atoms with Crippen molar-refractivity contribution in [3.63, 3.8) is 0 Å². The van der Waals surface area contributed by atoms with E-state index in [1.165, 1.54) is 25.8 Å². The molecular formula is C13H27NO2. The number of aliphatic hydroxyl groups excluding tert-OH is 1. The Kier molecular flexibility index (Phi) is 7.01. The predicted molar refractivity (Wildman–Crippen MR) is 66.6 cm³/mol. The Morgan fingerprint density at radius 1 is 1.31 bits per heavy atom. The summed E-state index contributed by atoms with van der Waals surface area (Å²) in [6.45, 7) is 6.12. The fourth-order valence-electron chi connectivity index (χ4n) is 2.28. The minimum atomic E-state index is -0.138. The van der Waals surface area contributed by atoms with Crippen LogP contribution in [-0.2, 0) is 4.74 Å². The number of ether oxygens (including phenoxy) is 1. The number of rotatable bonds is 7. The molecule has 0 aromatic heterocycles. The van der Waals surface area contributed by atoms with Gasteiger partial charge >= 0.3 is 0 Å². The minimum absolute atomic E-state index is 0.138. The lowest BCUT2D eigenvalue weighted by atomic mass is 10.00. The summed E-state index contributed by atoms with van der Waals surface area (Å²) < 4.78 is 5.36. The Balaban J connectivity index is 1.99. The summed E-state index contributed by atoms with van der Waals surface area (Å²) >= 11 is 0. The number of aliphatic hydroxyl groups is 1. The second kappa shape index (κ2) is 8.04.